The highest BCUT2D eigenvalue weighted by atomic mass is 35.5. The second kappa shape index (κ2) is 6.06. The molecule has 0 atom stereocenters. The maximum absolute atomic E-state index is 12.5. The Morgan fingerprint density at radius 1 is 1.05 bits per heavy atom. The van der Waals surface area contributed by atoms with Crippen molar-refractivity contribution in [3.8, 4) is 0 Å². The van der Waals surface area contributed by atoms with E-state index in [-0.39, 0.29) is 27.0 Å². The van der Waals surface area contributed by atoms with Crippen molar-refractivity contribution >= 4 is 40.5 Å². The summed E-state index contributed by atoms with van der Waals surface area (Å²) in [6.07, 6.45) is -4.50. The molecule has 0 radical (unpaired) electrons. The summed E-state index contributed by atoms with van der Waals surface area (Å²) in [5.41, 5.74) is 4.73. The highest BCUT2D eigenvalue weighted by molar-refractivity contribution is 6.42. The van der Waals surface area contributed by atoms with Gasteiger partial charge in [-0.1, -0.05) is 23.2 Å². The molecule has 0 aliphatic rings. The molecular formula is C14H9Cl2F3N2O. The third-order valence-corrected chi connectivity index (χ3v) is 3.55. The van der Waals surface area contributed by atoms with Gasteiger partial charge in [-0.15, -0.1) is 0 Å². The maximum Gasteiger partial charge on any atom is 0.416 e. The van der Waals surface area contributed by atoms with Gasteiger partial charge in [0.15, 0.2) is 0 Å². The van der Waals surface area contributed by atoms with Crippen LogP contribution in [-0.2, 0) is 6.18 Å². The minimum Gasteiger partial charge on any atom is -0.397 e. The molecule has 0 bridgehead atoms. The van der Waals surface area contributed by atoms with Crippen molar-refractivity contribution in [1.29, 1.82) is 0 Å². The first-order chi connectivity index (χ1) is 10.2. The molecule has 0 spiro atoms. The Balaban J connectivity index is 2.23. The molecule has 2 rings (SSSR count). The van der Waals surface area contributed by atoms with Crippen molar-refractivity contribution in [2.45, 2.75) is 6.18 Å². The molecule has 22 heavy (non-hydrogen) atoms. The second-order valence-electron chi connectivity index (χ2n) is 4.38. The molecule has 0 saturated carbocycles. The molecule has 8 heteroatoms. The predicted molar refractivity (Wildman–Crippen MR) is 80.3 cm³/mol. The van der Waals surface area contributed by atoms with Crippen LogP contribution in [0, 0.1) is 0 Å². The molecule has 0 aliphatic heterocycles. The summed E-state index contributed by atoms with van der Waals surface area (Å²) in [6, 6.07) is 6.90. The summed E-state index contributed by atoms with van der Waals surface area (Å²) in [5.74, 6) is -0.565. The van der Waals surface area contributed by atoms with Gasteiger partial charge in [0.05, 0.1) is 27.0 Å². The lowest BCUT2D eigenvalue weighted by Gasteiger charge is -2.12. The highest BCUT2D eigenvalue weighted by Crippen LogP contribution is 2.33. The van der Waals surface area contributed by atoms with Crippen LogP contribution < -0.4 is 11.1 Å². The first-order valence-electron chi connectivity index (χ1n) is 5.91. The molecule has 3 nitrogen and oxygen atoms in total. The van der Waals surface area contributed by atoms with Crippen LogP contribution in [0.4, 0.5) is 24.5 Å². The van der Waals surface area contributed by atoms with Crippen LogP contribution in [0.25, 0.3) is 0 Å². The molecular weight excluding hydrogens is 340 g/mol. The molecule has 0 unspecified atom stereocenters. The fourth-order valence-electron chi connectivity index (χ4n) is 1.68. The van der Waals surface area contributed by atoms with E-state index < -0.39 is 17.6 Å². The van der Waals surface area contributed by atoms with E-state index in [0.29, 0.717) is 0 Å². The number of alkyl halides is 3. The fraction of sp³-hybridized carbons (Fsp3) is 0.0714. The number of amides is 1. The lowest BCUT2D eigenvalue weighted by Crippen LogP contribution is -2.14. The number of benzene rings is 2. The van der Waals surface area contributed by atoms with Gasteiger partial charge in [0.1, 0.15) is 0 Å². The highest BCUT2D eigenvalue weighted by Gasteiger charge is 2.30. The van der Waals surface area contributed by atoms with E-state index in [4.69, 9.17) is 28.9 Å². The first-order valence-corrected chi connectivity index (χ1v) is 6.67. The first kappa shape index (κ1) is 16.5. The van der Waals surface area contributed by atoms with Gasteiger partial charge in [-0.2, -0.15) is 13.2 Å². The summed E-state index contributed by atoms with van der Waals surface area (Å²) in [5, 5.41) is 2.89. The Morgan fingerprint density at radius 2 is 1.73 bits per heavy atom. The van der Waals surface area contributed by atoms with Crippen LogP contribution in [0.15, 0.2) is 36.4 Å². The van der Waals surface area contributed by atoms with Crippen molar-refractivity contribution < 1.29 is 18.0 Å². The molecule has 0 aliphatic carbocycles. The monoisotopic (exact) mass is 348 g/mol. The van der Waals surface area contributed by atoms with E-state index >= 15 is 0 Å². The summed E-state index contributed by atoms with van der Waals surface area (Å²) in [6.45, 7) is 0. The zero-order chi connectivity index (χ0) is 16.5. The lowest BCUT2D eigenvalue weighted by atomic mass is 10.1. The number of nitrogen functional groups attached to an aromatic ring is 1. The van der Waals surface area contributed by atoms with E-state index in [2.05, 4.69) is 5.32 Å². The minimum atomic E-state index is -4.50. The normalized spacial score (nSPS) is 11.3. The van der Waals surface area contributed by atoms with Gasteiger partial charge in [0.25, 0.3) is 5.91 Å². The van der Waals surface area contributed by atoms with Crippen molar-refractivity contribution in [2.75, 3.05) is 11.1 Å². The quantitative estimate of drug-likeness (QED) is 0.762. The third kappa shape index (κ3) is 3.64. The average Bonchev–Trinajstić information content (AvgIpc) is 2.42. The minimum absolute atomic E-state index is 0.0732. The number of nitrogens with two attached hydrogens (primary N) is 1. The van der Waals surface area contributed by atoms with Gasteiger partial charge in [-0.25, -0.2) is 0 Å². The standard InChI is InChI=1S/C14H9Cl2F3N2O/c15-9-3-1-7(5-10(9)16)13(22)21-12-4-2-8(6-11(12)20)14(17,18)19/h1-6H,20H2,(H,21,22). The van der Waals surface area contributed by atoms with E-state index in [9.17, 15) is 18.0 Å². The number of carbonyl (C=O) groups excluding carboxylic acids is 1. The van der Waals surface area contributed by atoms with Crippen LogP contribution in [-0.4, -0.2) is 5.91 Å². The van der Waals surface area contributed by atoms with Crippen molar-refractivity contribution in [3.05, 3.63) is 57.6 Å². The van der Waals surface area contributed by atoms with Gasteiger partial charge < -0.3 is 11.1 Å². The third-order valence-electron chi connectivity index (χ3n) is 2.81. The Bertz CT molecular complexity index is 733. The Morgan fingerprint density at radius 3 is 2.27 bits per heavy atom. The SMILES string of the molecule is Nc1cc(C(F)(F)F)ccc1NC(=O)c1ccc(Cl)c(Cl)c1. The van der Waals surface area contributed by atoms with Crippen LogP contribution in [0.3, 0.4) is 0 Å². The molecule has 2 aromatic carbocycles. The van der Waals surface area contributed by atoms with Crippen LogP contribution in [0.5, 0.6) is 0 Å². The van der Waals surface area contributed by atoms with Gasteiger partial charge in [0.2, 0.25) is 0 Å². The summed E-state index contributed by atoms with van der Waals surface area (Å²) in [7, 11) is 0. The summed E-state index contributed by atoms with van der Waals surface area (Å²) in [4.78, 5) is 12.0. The zero-order valence-electron chi connectivity index (χ0n) is 10.8. The molecule has 2 aromatic rings. The van der Waals surface area contributed by atoms with Gasteiger partial charge >= 0.3 is 6.18 Å². The summed E-state index contributed by atoms with van der Waals surface area (Å²) < 4.78 is 37.6. The Hall–Kier alpha value is -1.92. The Labute approximate surface area is 133 Å². The number of carbonyl (C=O) groups is 1. The molecule has 0 heterocycles. The molecule has 3 N–H and O–H groups in total. The molecule has 0 aromatic heterocycles. The second-order valence-corrected chi connectivity index (χ2v) is 5.20. The van der Waals surface area contributed by atoms with Crippen molar-refractivity contribution in [3.63, 3.8) is 0 Å². The van der Waals surface area contributed by atoms with E-state index in [1.54, 1.807) is 0 Å². The van der Waals surface area contributed by atoms with Gasteiger partial charge in [0, 0.05) is 5.56 Å². The van der Waals surface area contributed by atoms with Crippen molar-refractivity contribution in [1.82, 2.24) is 0 Å². The summed E-state index contributed by atoms with van der Waals surface area (Å²) >= 11 is 11.5. The fourth-order valence-corrected chi connectivity index (χ4v) is 1.98. The van der Waals surface area contributed by atoms with E-state index in [1.807, 2.05) is 0 Å². The molecule has 0 saturated heterocycles. The number of anilines is 2. The maximum atomic E-state index is 12.5. The predicted octanol–water partition coefficient (Wildman–Crippen LogP) is 4.85. The number of hydrogen-bond donors (Lipinski definition) is 2. The van der Waals surface area contributed by atoms with Gasteiger partial charge in [-0.3, -0.25) is 4.79 Å². The van der Waals surface area contributed by atoms with Gasteiger partial charge in [-0.05, 0) is 36.4 Å². The Kier molecular flexibility index (Phi) is 4.53. The number of hydrogen-bond acceptors (Lipinski definition) is 2. The van der Waals surface area contributed by atoms with E-state index in [0.717, 1.165) is 18.2 Å². The van der Waals surface area contributed by atoms with Crippen LogP contribution in [0.1, 0.15) is 15.9 Å². The molecule has 116 valence electrons. The lowest BCUT2D eigenvalue weighted by molar-refractivity contribution is -0.137. The zero-order valence-corrected chi connectivity index (χ0v) is 12.4. The van der Waals surface area contributed by atoms with E-state index in [1.165, 1.54) is 18.2 Å². The smallest absolute Gasteiger partial charge is 0.397 e. The molecule has 0 fully saturated rings. The number of nitrogens with one attached hydrogen (secondary N) is 1. The molecule has 1 amide bonds. The van der Waals surface area contributed by atoms with Crippen LogP contribution >= 0.6 is 23.2 Å². The number of rotatable bonds is 2. The van der Waals surface area contributed by atoms with Crippen LogP contribution in [0.2, 0.25) is 10.0 Å². The van der Waals surface area contributed by atoms with Crippen molar-refractivity contribution in [2.24, 2.45) is 0 Å². The topological polar surface area (TPSA) is 55.1 Å². The number of halogens is 5. The largest absolute Gasteiger partial charge is 0.416 e. The average molecular weight is 349 g/mol.